The molecule has 2 heterocycles. The van der Waals surface area contributed by atoms with Crippen LogP contribution in [0.2, 0.25) is 0 Å². The fourth-order valence-electron chi connectivity index (χ4n) is 5.10. The van der Waals surface area contributed by atoms with Gasteiger partial charge in [0.05, 0.1) is 25.0 Å². The zero-order valence-electron chi connectivity index (χ0n) is 29.1. The van der Waals surface area contributed by atoms with Crippen molar-refractivity contribution < 1.29 is 58.5 Å². The predicted molar refractivity (Wildman–Crippen MR) is 182 cm³/mol. The number of hydrogen-bond donors (Lipinski definition) is 5. The van der Waals surface area contributed by atoms with E-state index in [1.165, 1.54) is 29.3 Å². The number of hydrogen-bond acceptors (Lipinski definition) is 13. The van der Waals surface area contributed by atoms with Crippen LogP contribution in [0.25, 0.3) is 0 Å². The number of aliphatic hydroxyl groups excluding tert-OH is 3. The van der Waals surface area contributed by atoms with E-state index in [-0.39, 0.29) is 44.5 Å². The SMILES string of the molecule is [B]C(=O)OCc1ccc(O[C@@H]2O[C@H](C(=O)O)[C@@H](O)[C@H](O)[C@H]2O)c(C(=O)NCCOCOCc2cn(CCC/C(C)=C/CC/C(C)=C/CC)nn2)c1. The Bertz CT molecular complexity index is 1500. The highest BCUT2D eigenvalue weighted by Crippen LogP contribution is 2.28. The van der Waals surface area contributed by atoms with Crippen LogP contribution in [-0.4, -0.2) is 112 Å². The Morgan fingerprint density at radius 2 is 1.80 bits per heavy atom. The summed E-state index contributed by atoms with van der Waals surface area (Å²) in [6.07, 6.45) is 2.15. The van der Waals surface area contributed by atoms with Gasteiger partial charge >= 0.3 is 5.97 Å². The molecule has 1 aliphatic heterocycles. The zero-order valence-corrected chi connectivity index (χ0v) is 29.1. The third-order valence-electron chi connectivity index (χ3n) is 7.80. The molecule has 0 unspecified atom stereocenters. The molecule has 16 nitrogen and oxygen atoms in total. The molecule has 2 aromatic rings. The molecular weight excluding hydrogens is 667 g/mol. The van der Waals surface area contributed by atoms with Gasteiger partial charge in [-0.05, 0) is 63.6 Å². The van der Waals surface area contributed by atoms with Gasteiger partial charge in [0, 0.05) is 13.1 Å². The van der Waals surface area contributed by atoms with E-state index in [2.05, 4.69) is 48.6 Å². The quantitative estimate of drug-likeness (QED) is 0.0542. The predicted octanol–water partition coefficient (Wildman–Crippen LogP) is 2.14. The minimum absolute atomic E-state index is 0.0390. The number of aliphatic carboxylic acids is 1. The minimum atomic E-state index is -1.92. The lowest BCUT2D eigenvalue weighted by molar-refractivity contribution is -0.271. The van der Waals surface area contributed by atoms with Crippen LogP contribution in [-0.2, 0) is 43.5 Å². The third-order valence-corrected chi connectivity index (χ3v) is 7.80. The number of carbonyl (C=O) groups excluding carboxylic acids is 2. The Morgan fingerprint density at radius 1 is 1.04 bits per heavy atom. The summed E-state index contributed by atoms with van der Waals surface area (Å²) in [7, 11) is 5.03. The summed E-state index contributed by atoms with van der Waals surface area (Å²) < 4.78 is 28.3. The average molecular weight is 715 g/mol. The molecule has 0 spiro atoms. The van der Waals surface area contributed by atoms with Gasteiger partial charge in [-0.1, -0.05) is 41.5 Å². The van der Waals surface area contributed by atoms with Crippen LogP contribution in [0.15, 0.2) is 47.7 Å². The van der Waals surface area contributed by atoms with E-state index in [1.54, 1.807) is 4.68 Å². The number of rotatable bonds is 21. The molecule has 1 aromatic heterocycles. The standard InChI is InChI=1S/C34H47BN4O12/c1-4-7-21(2)8-5-9-22(3)10-6-14-39-17-24(37-38-39)19-48-20-47-15-13-36-31(43)25-16-23(18-49-34(35)46)11-12-26(25)50-33-29(42)27(40)28(41)30(51-33)32(44)45/h7,9,11-12,16-17,27-30,33,40-42H,4-6,8,10,13-15,18-20H2,1-3H3,(H,36,43)(H,44,45)/b21-7+,22-9+/t27-,28-,29+,30-,33+/m0/s1. The van der Waals surface area contributed by atoms with Crippen LogP contribution in [0.3, 0.4) is 0 Å². The Hall–Kier alpha value is -4.13. The van der Waals surface area contributed by atoms with Gasteiger partial charge in [-0.25, -0.2) is 4.79 Å². The number of carboxylic acids is 1. The van der Waals surface area contributed by atoms with E-state index in [0.717, 1.165) is 38.6 Å². The van der Waals surface area contributed by atoms with Gasteiger partial charge in [0.15, 0.2) is 6.10 Å². The van der Waals surface area contributed by atoms with Gasteiger partial charge in [-0.2, -0.15) is 0 Å². The topological polar surface area (TPSA) is 221 Å². The molecule has 1 aliphatic rings. The van der Waals surface area contributed by atoms with Crippen LogP contribution < -0.4 is 10.1 Å². The molecule has 0 bridgehead atoms. The first-order valence-corrected chi connectivity index (χ1v) is 16.7. The Morgan fingerprint density at radius 3 is 2.53 bits per heavy atom. The lowest BCUT2D eigenvalue weighted by Crippen LogP contribution is -2.61. The number of carbonyl (C=O) groups is 3. The summed E-state index contributed by atoms with van der Waals surface area (Å²) in [4.78, 5) is 35.7. The first-order chi connectivity index (χ1) is 24.4. The second-order valence-corrected chi connectivity index (χ2v) is 12.0. The first-order valence-electron chi connectivity index (χ1n) is 16.7. The van der Waals surface area contributed by atoms with Crippen molar-refractivity contribution in [1.82, 2.24) is 20.3 Å². The Kier molecular flexibility index (Phi) is 17.2. The fraction of sp³-hybridized carbons (Fsp3) is 0.559. The number of nitrogens with zero attached hydrogens (tertiary/aromatic N) is 3. The van der Waals surface area contributed by atoms with Gasteiger partial charge in [-0.3, -0.25) is 14.3 Å². The Balaban J connectivity index is 1.44. The van der Waals surface area contributed by atoms with Gasteiger partial charge in [-0.15, -0.1) is 5.10 Å². The third kappa shape index (κ3) is 13.8. The van der Waals surface area contributed by atoms with Crippen LogP contribution in [0, 0.1) is 0 Å². The maximum atomic E-state index is 13.1. The van der Waals surface area contributed by atoms with Gasteiger partial charge in [0.25, 0.3) is 5.91 Å². The van der Waals surface area contributed by atoms with Gasteiger partial charge in [0.2, 0.25) is 20.0 Å². The van der Waals surface area contributed by atoms with Crippen LogP contribution in [0.1, 0.15) is 74.5 Å². The van der Waals surface area contributed by atoms with Crippen molar-refractivity contribution in [3.63, 3.8) is 0 Å². The smallest absolute Gasteiger partial charge is 0.335 e. The van der Waals surface area contributed by atoms with Crippen LogP contribution >= 0.6 is 0 Å². The van der Waals surface area contributed by atoms with E-state index in [0.29, 0.717) is 11.3 Å². The molecular formula is C34H47BN4O12. The second kappa shape index (κ2) is 21.3. The molecule has 1 fully saturated rings. The number of aliphatic hydroxyl groups is 3. The number of benzene rings is 1. The van der Waals surface area contributed by atoms with Crippen LogP contribution in [0.4, 0.5) is 4.79 Å². The monoisotopic (exact) mass is 714 g/mol. The number of carboxylic acid groups (broad SMARTS) is 1. The summed E-state index contributed by atoms with van der Waals surface area (Å²) >= 11 is 0. The van der Waals surface area contributed by atoms with E-state index < -0.39 is 48.5 Å². The van der Waals surface area contributed by atoms with E-state index in [9.17, 15) is 34.8 Å². The molecule has 1 aromatic carbocycles. The molecule has 51 heavy (non-hydrogen) atoms. The number of aromatic nitrogens is 3. The molecule has 0 aliphatic carbocycles. The van der Waals surface area contributed by atoms with Crippen molar-refractivity contribution in [2.75, 3.05) is 19.9 Å². The maximum absolute atomic E-state index is 13.1. The highest BCUT2D eigenvalue weighted by Gasteiger charge is 2.48. The zero-order chi connectivity index (χ0) is 37.3. The number of aryl methyl sites for hydroxylation is 1. The highest BCUT2D eigenvalue weighted by atomic mass is 16.7. The van der Waals surface area contributed by atoms with Gasteiger partial charge < -0.3 is 49.4 Å². The minimum Gasteiger partial charge on any atom is -0.479 e. The van der Waals surface area contributed by atoms with Crippen molar-refractivity contribution in [3.8, 4) is 5.75 Å². The molecule has 5 N–H and O–H groups in total. The molecule has 1 amide bonds. The number of amides is 1. The highest BCUT2D eigenvalue weighted by molar-refractivity contribution is 6.55. The molecule has 0 saturated carbocycles. The average Bonchev–Trinajstić information content (AvgIpc) is 3.54. The Labute approximate surface area is 297 Å². The van der Waals surface area contributed by atoms with Crippen LogP contribution in [0.5, 0.6) is 5.75 Å². The fourth-order valence-corrected chi connectivity index (χ4v) is 5.10. The summed E-state index contributed by atoms with van der Waals surface area (Å²) in [5.74, 6) is -3.47. The van der Waals surface area contributed by atoms with Crippen molar-refractivity contribution in [1.29, 1.82) is 0 Å². The molecule has 2 radical (unpaired) electrons. The van der Waals surface area contributed by atoms with Crippen molar-refractivity contribution in [3.05, 3.63) is 64.5 Å². The molecule has 3 rings (SSSR count). The molecule has 278 valence electrons. The number of ether oxygens (including phenoxy) is 5. The van der Waals surface area contributed by atoms with E-state index in [4.69, 9.17) is 31.5 Å². The summed E-state index contributed by atoms with van der Waals surface area (Å²) in [6.45, 7) is 7.13. The summed E-state index contributed by atoms with van der Waals surface area (Å²) in [6, 6.07) is 4.05. The van der Waals surface area contributed by atoms with E-state index >= 15 is 0 Å². The van der Waals surface area contributed by atoms with Crippen molar-refractivity contribution >= 4 is 25.6 Å². The van der Waals surface area contributed by atoms with Crippen molar-refractivity contribution in [2.45, 2.75) is 103 Å². The molecule has 5 atom stereocenters. The molecule has 1 saturated heterocycles. The summed E-state index contributed by atoms with van der Waals surface area (Å²) in [5, 5.41) is 50.6. The second-order valence-electron chi connectivity index (χ2n) is 12.0. The lowest BCUT2D eigenvalue weighted by Gasteiger charge is -2.38. The van der Waals surface area contributed by atoms with Crippen molar-refractivity contribution in [2.24, 2.45) is 0 Å². The number of allylic oxidation sites excluding steroid dienone is 4. The summed E-state index contributed by atoms with van der Waals surface area (Å²) in [5.41, 5.74) is 3.67. The van der Waals surface area contributed by atoms with Gasteiger partial charge in [0.1, 0.15) is 43.2 Å². The number of nitrogens with one attached hydrogen (secondary N) is 1. The molecule has 17 heteroatoms. The largest absolute Gasteiger partial charge is 0.479 e. The first kappa shape index (κ1) is 41.3. The normalized spacial score (nSPS) is 20.9. The van der Waals surface area contributed by atoms with E-state index in [1.807, 2.05) is 6.20 Å². The maximum Gasteiger partial charge on any atom is 0.335 e. The lowest BCUT2D eigenvalue weighted by atomic mass is 9.99.